The molecule has 0 fully saturated rings. The van der Waals surface area contributed by atoms with E-state index < -0.39 is 0 Å². The van der Waals surface area contributed by atoms with Gasteiger partial charge in [-0.15, -0.1) is 0 Å². The first kappa shape index (κ1) is 15.8. The molecule has 108 valence electrons. The van der Waals surface area contributed by atoms with E-state index in [9.17, 15) is 0 Å². The van der Waals surface area contributed by atoms with Crippen LogP contribution in [0.1, 0.15) is 32.3 Å². The summed E-state index contributed by atoms with van der Waals surface area (Å²) in [5, 5.41) is 3.06. The lowest BCUT2D eigenvalue weighted by atomic mass is 10.1. The first-order chi connectivity index (χ1) is 9.15. The molecular weight excluding hydrogens is 238 g/mol. The number of ether oxygens (including phenoxy) is 2. The van der Waals surface area contributed by atoms with Crippen LogP contribution in [-0.4, -0.2) is 26.8 Å². The molecule has 0 saturated heterocycles. The van der Waals surface area contributed by atoms with Crippen molar-refractivity contribution in [2.75, 3.05) is 26.8 Å². The van der Waals surface area contributed by atoms with Gasteiger partial charge in [0, 0.05) is 12.6 Å². The minimum Gasteiger partial charge on any atom is -0.493 e. The maximum Gasteiger partial charge on any atom is 0.123 e. The monoisotopic (exact) mass is 265 g/mol. The molecule has 0 aliphatic carbocycles. The first-order valence-electron chi connectivity index (χ1n) is 7.17. The van der Waals surface area contributed by atoms with E-state index in [2.05, 4.69) is 32.2 Å². The van der Waals surface area contributed by atoms with Gasteiger partial charge in [0.1, 0.15) is 18.1 Å². The van der Waals surface area contributed by atoms with Crippen molar-refractivity contribution in [1.82, 2.24) is 5.32 Å². The van der Waals surface area contributed by atoms with E-state index >= 15 is 0 Å². The summed E-state index contributed by atoms with van der Waals surface area (Å²) in [4.78, 5) is 0. The Morgan fingerprint density at radius 2 is 1.74 bits per heavy atom. The van der Waals surface area contributed by atoms with E-state index in [4.69, 9.17) is 9.47 Å². The van der Waals surface area contributed by atoms with Gasteiger partial charge >= 0.3 is 0 Å². The molecule has 0 radical (unpaired) electrons. The van der Waals surface area contributed by atoms with Crippen molar-refractivity contribution >= 4 is 0 Å². The van der Waals surface area contributed by atoms with Crippen LogP contribution in [0, 0.1) is 12.8 Å². The van der Waals surface area contributed by atoms with E-state index in [0.29, 0.717) is 6.61 Å². The Kier molecular flexibility index (Phi) is 7.34. The Bertz CT molecular complexity index is 366. The van der Waals surface area contributed by atoms with Crippen LogP contribution in [0.5, 0.6) is 11.5 Å². The zero-order chi connectivity index (χ0) is 14.1. The van der Waals surface area contributed by atoms with Crippen molar-refractivity contribution in [2.24, 2.45) is 5.92 Å². The minimum absolute atomic E-state index is 0.673. The molecule has 0 bridgehead atoms. The topological polar surface area (TPSA) is 30.5 Å². The van der Waals surface area contributed by atoms with Crippen LogP contribution < -0.4 is 14.8 Å². The normalized spacial score (nSPS) is 12.2. The molecule has 0 heterocycles. The SMILES string of the molecule is CCC(C)CCOc1cc(C)cc(OCCNC)c1. The third-order valence-corrected chi connectivity index (χ3v) is 3.22. The van der Waals surface area contributed by atoms with E-state index in [1.165, 1.54) is 12.0 Å². The van der Waals surface area contributed by atoms with Crippen molar-refractivity contribution in [3.63, 3.8) is 0 Å². The van der Waals surface area contributed by atoms with Crippen molar-refractivity contribution in [3.05, 3.63) is 23.8 Å². The maximum absolute atomic E-state index is 5.81. The summed E-state index contributed by atoms with van der Waals surface area (Å²) in [5.41, 5.74) is 1.17. The highest BCUT2D eigenvalue weighted by Gasteiger charge is 2.03. The predicted octanol–water partition coefficient (Wildman–Crippen LogP) is 3.41. The fourth-order valence-electron chi connectivity index (χ4n) is 1.73. The lowest BCUT2D eigenvalue weighted by Crippen LogP contribution is -2.16. The summed E-state index contributed by atoms with van der Waals surface area (Å²) < 4.78 is 11.5. The molecular formula is C16H27NO2. The third-order valence-electron chi connectivity index (χ3n) is 3.22. The molecule has 3 heteroatoms. The Labute approximate surface area is 117 Å². The van der Waals surface area contributed by atoms with Gasteiger partial charge in [-0.05, 0) is 44.0 Å². The molecule has 1 rings (SSSR count). The lowest BCUT2D eigenvalue weighted by Gasteiger charge is -2.12. The standard InChI is InChI=1S/C16H27NO2/c1-5-13(2)6-8-18-15-10-14(3)11-16(12-15)19-9-7-17-4/h10-13,17H,5-9H2,1-4H3. The van der Waals surface area contributed by atoms with Crippen LogP contribution in [0.3, 0.4) is 0 Å². The Morgan fingerprint density at radius 1 is 1.11 bits per heavy atom. The summed E-state index contributed by atoms with van der Waals surface area (Å²) in [5.74, 6) is 2.51. The highest BCUT2D eigenvalue weighted by molar-refractivity contribution is 5.37. The van der Waals surface area contributed by atoms with Crippen molar-refractivity contribution in [2.45, 2.75) is 33.6 Å². The molecule has 1 atom stereocenters. The van der Waals surface area contributed by atoms with Gasteiger partial charge in [-0.3, -0.25) is 0 Å². The van der Waals surface area contributed by atoms with Gasteiger partial charge < -0.3 is 14.8 Å². The molecule has 3 nitrogen and oxygen atoms in total. The van der Waals surface area contributed by atoms with Gasteiger partial charge in [-0.25, -0.2) is 0 Å². The second-order valence-corrected chi connectivity index (χ2v) is 5.08. The summed E-state index contributed by atoms with van der Waals surface area (Å²) >= 11 is 0. The quantitative estimate of drug-likeness (QED) is 0.694. The second kappa shape index (κ2) is 8.81. The highest BCUT2D eigenvalue weighted by Crippen LogP contribution is 2.23. The average molecular weight is 265 g/mol. The molecule has 1 unspecified atom stereocenters. The molecule has 0 spiro atoms. The number of nitrogens with one attached hydrogen (secondary N) is 1. The highest BCUT2D eigenvalue weighted by atomic mass is 16.5. The van der Waals surface area contributed by atoms with Gasteiger partial charge in [0.25, 0.3) is 0 Å². The van der Waals surface area contributed by atoms with Crippen LogP contribution in [0.4, 0.5) is 0 Å². The molecule has 1 aromatic rings. The zero-order valence-corrected chi connectivity index (χ0v) is 12.7. The van der Waals surface area contributed by atoms with E-state index in [1.54, 1.807) is 0 Å². The fraction of sp³-hybridized carbons (Fsp3) is 0.625. The van der Waals surface area contributed by atoms with Crippen LogP contribution >= 0.6 is 0 Å². The fourth-order valence-corrected chi connectivity index (χ4v) is 1.73. The molecule has 0 aliphatic heterocycles. The zero-order valence-electron chi connectivity index (χ0n) is 12.7. The van der Waals surface area contributed by atoms with Gasteiger partial charge in [-0.1, -0.05) is 20.3 Å². The van der Waals surface area contributed by atoms with Crippen LogP contribution in [0.25, 0.3) is 0 Å². The van der Waals surface area contributed by atoms with E-state index in [-0.39, 0.29) is 0 Å². The number of rotatable bonds is 9. The predicted molar refractivity (Wildman–Crippen MR) is 80.2 cm³/mol. The molecule has 0 aromatic heterocycles. The summed E-state index contributed by atoms with van der Waals surface area (Å²) in [6.45, 7) is 8.82. The average Bonchev–Trinajstić information content (AvgIpc) is 2.38. The molecule has 0 saturated carbocycles. The van der Waals surface area contributed by atoms with Crippen molar-refractivity contribution in [1.29, 1.82) is 0 Å². The first-order valence-corrected chi connectivity index (χ1v) is 7.17. The number of hydrogen-bond donors (Lipinski definition) is 1. The maximum atomic E-state index is 5.81. The Hall–Kier alpha value is -1.22. The van der Waals surface area contributed by atoms with E-state index in [0.717, 1.165) is 37.0 Å². The second-order valence-electron chi connectivity index (χ2n) is 5.08. The Balaban J connectivity index is 2.48. The summed E-state index contributed by atoms with van der Waals surface area (Å²) in [6, 6.07) is 6.07. The van der Waals surface area contributed by atoms with Gasteiger partial charge in [0.2, 0.25) is 0 Å². The largest absolute Gasteiger partial charge is 0.493 e. The summed E-state index contributed by atoms with van der Waals surface area (Å²) in [6.07, 6.45) is 2.30. The van der Waals surface area contributed by atoms with E-state index in [1.807, 2.05) is 19.2 Å². The van der Waals surface area contributed by atoms with Crippen LogP contribution in [0.2, 0.25) is 0 Å². The Morgan fingerprint density at radius 3 is 2.32 bits per heavy atom. The molecule has 0 aliphatic rings. The van der Waals surface area contributed by atoms with Gasteiger partial charge in [-0.2, -0.15) is 0 Å². The molecule has 0 amide bonds. The summed E-state index contributed by atoms with van der Waals surface area (Å²) in [7, 11) is 1.92. The number of benzene rings is 1. The molecule has 1 N–H and O–H groups in total. The number of aryl methyl sites for hydroxylation is 1. The van der Waals surface area contributed by atoms with Crippen molar-refractivity contribution < 1.29 is 9.47 Å². The number of likely N-dealkylation sites (N-methyl/N-ethyl adjacent to an activating group) is 1. The molecule has 19 heavy (non-hydrogen) atoms. The number of hydrogen-bond acceptors (Lipinski definition) is 3. The van der Waals surface area contributed by atoms with Gasteiger partial charge in [0.05, 0.1) is 6.61 Å². The smallest absolute Gasteiger partial charge is 0.123 e. The lowest BCUT2D eigenvalue weighted by molar-refractivity contribution is 0.277. The van der Waals surface area contributed by atoms with Gasteiger partial charge in [0.15, 0.2) is 0 Å². The third kappa shape index (κ3) is 6.48. The van der Waals surface area contributed by atoms with Crippen molar-refractivity contribution in [3.8, 4) is 11.5 Å². The minimum atomic E-state index is 0.673. The van der Waals surface area contributed by atoms with Crippen LogP contribution in [-0.2, 0) is 0 Å². The molecule has 1 aromatic carbocycles. The van der Waals surface area contributed by atoms with Crippen LogP contribution in [0.15, 0.2) is 18.2 Å².